The molecule has 6 N–H and O–H groups in total. The molecule has 1 heterocycles. The van der Waals surface area contributed by atoms with E-state index >= 15 is 0 Å². The molecular weight excluding hydrogens is 1090 g/mol. The Morgan fingerprint density at radius 3 is 1.25 bits per heavy atom. The number of esters is 1. The predicted octanol–water partition coefficient (Wildman–Crippen LogP) is 18.8. The number of rotatable bonds is 62. The fourth-order valence-electron chi connectivity index (χ4n) is 11.1. The number of aliphatic hydroxyl groups excluding tert-OH is 5. The average molecular weight is 1220 g/mol. The SMILES string of the molecule is CC/C=C\C/C=C\C/C=C\C/C=C\C/C=C\CCCCCCCCCCCCC(O)C(=O)NC(COC1OC(CO)C(O)C(O)C1OC(=O)CCCCCCCCCCC/C=C/CCCCCCCC)C(O)/C=C/CCCCCCCCCCCCC. The number of carbonyl (C=O) groups excluding carboxylic acids is 2. The van der Waals surface area contributed by atoms with Crippen LogP contribution in [-0.4, -0.2) is 99.6 Å². The maximum atomic E-state index is 13.5. The van der Waals surface area contributed by atoms with Crippen LogP contribution < -0.4 is 5.32 Å². The fourth-order valence-corrected chi connectivity index (χ4v) is 11.1. The molecule has 11 heteroatoms. The number of hydrogen-bond donors (Lipinski definition) is 6. The smallest absolute Gasteiger partial charge is 0.306 e. The molecule has 0 spiro atoms. The summed E-state index contributed by atoms with van der Waals surface area (Å²) in [5, 5.41) is 57.3. The molecule has 8 atom stereocenters. The largest absolute Gasteiger partial charge is 0.454 e. The van der Waals surface area contributed by atoms with Gasteiger partial charge in [0.05, 0.1) is 25.4 Å². The molecule has 87 heavy (non-hydrogen) atoms. The lowest BCUT2D eigenvalue weighted by atomic mass is 9.99. The number of unbranched alkanes of at least 4 members (excludes halogenated alkanes) is 36. The van der Waals surface area contributed by atoms with Crippen molar-refractivity contribution in [3.8, 4) is 0 Å². The normalized spacial score (nSPS) is 18.7. The highest BCUT2D eigenvalue weighted by molar-refractivity contribution is 5.80. The second kappa shape index (κ2) is 63.0. The molecule has 0 bridgehead atoms. The van der Waals surface area contributed by atoms with E-state index in [0.29, 0.717) is 12.8 Å². The van der Waals surface area contributed by atoms with Crippen molar-refractivity contribution in [3.63, 3.8) is 0 Å². The number of amides is 1. The zero-order chi connectivity index (χ0) is 63.1. The van der Waals surface area contributed by atoms with Crippen LogP contribution in [0.5, 0.6) is 0 Å². The van der Waals surface area contributed by atoms with E-state index < -0.39 is 67.4 Å². The van der Waals surface area contributed by atoms with Crippen LogP contribution >= 0.6 is 0 Å². The fraction of sp³-hybridized carbons (Fsp3) is 0.789. The maximum absolute atomic E-state index is 13.5. The number of nitrogens with one attached hydrogen (secondary N) is 1. The van der Waals surface area contributed by atoms with Gasteiger partial charge in [-0.05, 0) is 96.3 Å². The van der Waals surface area contributed by atoms with Gasteiger partial charge in [0.15, 0.2) is 12.4 Å². The van der Waals surface area contributed by atoms with Crippen molar-refractivity contribution in [2.45, 2.75) is 372 Å². The van der Waals surface area contributed by atoms with Crippen molar-refractivity contribution in [1.29, 1.82) is 0 Å². The lowest BCUT2D eigenvalue weighted by Gasteiger charge is -2.41. The Labute approximate surface area is 533 Å². The number of ether oxygens (including phenoxy) is 3. The maximum Gasteiger partial charge on any atom is 0.306 e. The zero-order valence-corrected chi connectivity index (χ0v) is 56.1. The Morgan fingerprint density at radius 2 is 0.828 bits per heavy atom. The Bertz CT molecular complexity index is 1740. The van der Waals surface area contributed by atoms with Crippen molar-refractivity contribution < 1.29 is 49.3 Å². The first-order chi connectivity index (χ1) is 42.7. The molecule has 1 aliphatic rings. The van der Waals surface area contributed by atoms with Gasteiger partial charge in [-0.25, -0.2) is 0 Å². The van der Waals surface area contributed by atoms with Crippen LogP contribution in [0.25, 0.3) is 0 Å². The van der Waals surface area contributed by atoms with E-state index in [1.165, 1.54) is 180 Å². The molecule has 0 aliphatic carbocycles. The van der Waals surface area contributed by atoms with Crippen LogP contribution in [0.1, 0.15) is 323 Å². The summed E-state index contributed by atoms with van der Waals surface area (Å²) in [7, 11) is 0. The third-order valence-corrected chi connectivity index (χ3v) is 16.8. The highest BCUT2D eigenvalue weighted by Crippen LogP contribution is 2.26. The second-order valence-corrected chi connectivity index (χ2v) is 24.9. The molecule has 8 unspecified atom stereocenters. The summed E-state index contributed by atoms with van der Waals surface area (Å²) in [5.74, 6) is -1.19. The van der Waals surface area contributed by atoms with Gasteiger partial charge in [-0.3, -0.25) is 9.59 Å². The van der Waals surface area contributed by atoms with Gasteiger partial charge in [0.25, 0.3) is 0 Å². The van der Waals surface area contributed by atoms with Crippen LogP contribution in [0.4, 0.5) is 0 Å². The Hall–Kier alpha value is -3.16. The lowest BCUT2D eigenvalue weighted by Crippen LogP contribution is -2.61. The van der Waals surface area contributed by atoms with E-state index in [0.717, 1.165) is 96.3 Å². The second-order valence-electron chi connectivity index (χ2n) is 24.9. The summed E-state index contributed by atoms with van der Waals surface area (Å²) in [5.41, 5.74) is 0. The van der Waals surface area contributed by atoms with E-state index in [1.54, 1.807) is 6.08 Å². The first kappa shape index (κ1) is 81.9. The van der Waals surface area contributed by atoms with E-state index in [2.05, 4.69) is 99.0 Å². The van der Waals surface area contributed by atoms with Crippen LogP contribution in [-0.2, 0) is 23.8 Å². The molecule has 1 amide bonds. The Kier molecular flexibility index (Phi) is 59.3. The molecule has 0 aromatic heterocycles. The summed E-state index contributed by atoms with van der Waals surface area (Å²) < 4.78 is 17.7. The zero-order valence-electron chi connectivity index (χ0n) is 56.1. The first-order valence-electron chi connectivity index (χ1n) is 36.4. The molecular formula is C76H135NO10. The van der Waals surface area contributed by atoms with Gasteiger partial charge >= 0.3 is 5.97 Å². The van der Waals surface area contributed by atoms with Crippen LogP contribution in [0.3, 0.4) is 0 Å². The molecule has 504 valence electrons. The van der Waals surface area contributed by atoms with Gasteiger partial charge in [-0.15, -0.1) is 0 Å². The number of allylic oxidation sites excluding steroid dienone is 13. The summed E-state index contributed by atoms with van der Waals surface area (Å²) >= 11 is 0. The molecule has 0 saturated carbocycles. The summed E-state index contributed by atoms with van der Waals surface area (Å²) in [6.07, 6.45) is 73.3. The van der Waals surface area contributed by atoms with E-state index in [1.807, 2.05) is 6.08 Å². The van der Waals surface area contributed by atoms with Crippen molar-refractivity contribution in [2.75, 3.05) is 13.2 Å². The minimum atomic E-state index is -1.62. The summed E-state index contributed by atoms with van der Waals surface area (Å²) in [6.45, 7) is 5.71. The number of hydrogen-bond acceptors (Lipinski definition) is 10. The standard InChI is InChI=1S/C76H135NO10/c1-4-7-10-13-16-19-22-25-27-29-31-32-33-34-35-36-37-39-40-42-45-48-51-54-57-60-63-69(80)75(84)77-67(68(79)62-59-56-53-50-47-44-24-21-18-15-12-9-6-3)66-85-76-74(73(83)72(82)70(65-78)86-76)87-71(81)64-61-58-55-52-49-46-43-41-38-30-28-26-23-20-17-14-11-8-5-2/h7,10,16,19,25-28,31-32,34-35,59,62,67-70,72-74,76,78-80,82-83H,4-6,8-9,11-15,17-18,20-24,29-30,33,36-58,60-61,63-66H2,1-3H3,(H,77,84)/b10-7-,19-16-,27-25-,28-26+,32-31-,35-34-,62-59+. The monoisotopic (exact) mass is 1220 g/mol. The summed E-state index contributed by atoms with van der Waals surface area (Å²) in [6, 6.07) is -1.03. The number of aliphatic hydroxyl groups is 5. The van der Waals surface area contributed by atoms with Crippen LogP contribution in [0.2, 0.25) is 0 Å². The average Bonchev–Trinajstić information content (AvgIpc) is 1.52. The predicted molar refractivity (Wildman–Crippen MR) is 366 cm³/mol. The molecule has 1 saturated heterocycles. The topological polar surface area (TPSA) is 175 Å². The van der Waals surface area contributed by atoms with Gasteiger partial charge in [0.2, 0.25) is 5.91 Å². The minimum absolute atomic E-state index is 0.120. The molecule has 11 nitrogen and oxygen atoms in total. The lowest BCUT2D eigenvalue weighted by molar-refractivity contribution is -0.305. The number of carbonyl (C=O) groups is 2. The van der Waals surface area contributed by atoms with Crippen molar-refractivity contribution in [2.24, 2.45) is 0 Å². The Morgan fingerprint density at radius 1 is 0.460 bits per heavy atom. The molecule has 1 rings (SSSR count). The Balaban J connectivity index is 2.58. The molecule has 1 aliphatic heterocycles. The highest BCUT2D eigenvalue weighted by atomic mass is 16.7. The quantitative estimate of drug-likeness (QED) is 0.0195. The van der Waals surface area contributed by atoms with Crippen molar-refractivity contribution in [3.05, 3.63) is 85.1 Å². The highest BCUT2D eigenvalue weighted by Gasteiger charge is 2.47. The molecule has 1 fully saturated rings. The van der Waals surface area contributed by atoms with Crippen LogP contribution in [0, 0.1) is 0 Å². The van der Waals surface area contributed by atoms with Gasteiger partial charge in [0, 0.05) is 6.42 Å². The minimum Gasteiger partial charge on any atom is -0.454 e. The van der Waals surface area contributed by atoms with Crippen molar-refractivity contribution in [1.82, 2.24) is 5.32 Å². The van der Waals surface area contributed by atoms with Gasteiger partial charge in [-0.1, -0.05) is 305 Å². The van der Waals surface area contributed by atoms with Gasteiger partial charge < -0.3 is 45.1 Å². The molecule has 0 radical (unpaired) electrons. The van der Waals surface area contributed by atoms with Crippen molar-refractivity contribution >= 4 is 11.9 Å². The van der Waals surface area contributed by atoms with E-state index in [9.17, 15) is 35.1 Å². The van der Waals surface area contributed by atoms with E-state index in [-0.39, 0.29) is 19.4 Å². The van der Waals surface area contributed by atoms with Gasteiger partial charge in [0.1, 0.15) is 24.4 Å². The molecule has 0 aromatic rings. The van der Waals surface area contributed by atoms with Crippen LogP contribution in [0.15, 0.2) is 85.1 Å². The first-order valence-corrected chi connectivity index (χ1v) is 36.4. The van der Waals surface area contributed by atoms with Gasteiger partial charge in [-0.2, -0.15) is 0 Å². The third kappa shape index (κ3) is 50.2. The van der Waals surface area contributed by atoms with E-state index in [4.69, 9.17) is 14.2 Å². The summed E-state index contributed by atoms with van der Waals surface area (Å²) in [4.78, 5) is 26.7. The third-order valence-electron chi connectivity index (χ3n) is 16.8. The molecule has 0 aromatic carbocycles.